The first-order valence-corrected chi connectivity index (χ1v) is 7.86. The van der Waals surface area contributed by atoms with Crippen molar-refractivity contribution in [1.82, 2.24) is 4.90 Å². The zero-order valence-electron chi connectivity index (χ0n) is 14.3. The first-order valence-electron chi connectivity index (χ1n) is 7.86. The number of hydrogen-bond acceptors (Lipinski definition) is 5. The second-order valence-corrected chi connectivity index (χ2v) is 5.59. The summed E-state index contributed by atoms with van der Waals surface area (Å²) in [5.74, 6) is 0.644. The second kappa shape index (κ2) is 8.38. The van der Waals surface area contributed by atoms with E-state index >= 15 is 0 Å². The Morgan fingerprint density at radius 3 is 2.58 bits per heavy atom. The Morgan fingerprint density at radius 2 is 1.92 bits per heavy atom. The molecule has 2 rings (SSSR count). The molecule has 6 heteroatoms. The van der Waals surface area contributed by atoms with Gasteiger partial charge < -0.3 is 19.1 Å². The van der Waals surface area contributed by atoms with E-state index in [1.165, 1.54) is 13.2 Å². The lowest BCUT2D eigenvalue weighted by Crippen LogP contribution is -2.41. The van der Waals surface area contributed by atoms with Gasteiger partial charge >= 0.3 is 5.97 Å². The number of esters is 1. The second-order valence-electron chi connectivity index (χ2n) is 5.59. The predicted octanol–water partition coefficient (Wildman–Crippen LogP) is 2.13. The van der Waals surface area contributed by atoms with E-state index in [9.17, 15) is 9.59 Å². The van der Waals surface area contributed by atoms with Crippen LogP contribution in [0.25, 0.3) is 6.08 Å². The van der Waals surface area contributed by atoms with Crippen LogP contribution in [-0.2, 0) is 14.3 Å². The van der Waals surface area contributed by atoms with Crippen LogP contribution >= 0.6 is 0 Å². The smallest absolute Gasteiger partial charge is 0.310 e. The molecule has 1 unspecified atom stereocenters. The summed E-state index contributed by atoms with van der Waals surface area (Å²) in [5.41, 5.74) is 0.836. The van der Waals surface area contributed by atoms with Crippen molar-refractivity contribution in [2.75, 3.05) is 34.4 Å². The summed E-state index contributed by atoms with van der Waals surface area (Å²) in [7, 11) is 4.52. The number of carbonyl (C=O) groups is 2. The molecule has 6 nitrogen and oxygen atoms in total. The van der Waals surface area contributed by atoms with Crippen LogP contribution in [0.4, 0.5) is 0 Å². The van der Waals surface area contributed by atoms with Crippen LogP contribution in [-0.4, -0.2) is 51.2 Å². The van der Waals surface area contributed by atoms with E-state index in [2.05, 4.69) is 0 Å². The lowest BCUT2D eigenvalue weighted by Gasteiger charge is -2.30. The Morgan fingerprint density at radius 1 is 1.17 bits per heavy atom. The molecule has 130 valence electrons. The minimum atomic E-state index is -0.253. The van der Waals surface area contributed by atoms with E-state index in [0.29, 0.717) is 24.6 Å². The fourth-order valence-electron chi connectivity index (χ4n) is 2.77. The Hall–Kier alpha value is -2.50. The Labute approximate surface area is 142 Å². The molecule has 0 aromatic heterocycles. The highest BCUT2D eigenvalue weighted by molar-refractivity contribution is 5.92. The maximum Gasteiger partial charge on any atom is 0.310 e. The van der Waals surface area contributed by atoms with Crippen molar-refractivity contribution in [3.05, 3.63) is 29.8 Å². The molecule has 1 heterocycles. The van der Waals surface area contributed by atoms with Gasteiger partial charge in [0.1, 0.15) is 0 Å². The molecule has 1 aliphatic rings. The number of nitrogens with zero attached hydrogens (tertiary/aromatic N) is 1. The molecule has 1 fully saturated rings. The van der Waals surface area contributed by atoms with Crippen LogP contribution in [0.5, 0.6) is 11.5 Å². The quantitative estimate of drug-likeness (QED) is 0.610. The van der Waals surface area contributed by atoms with Crippen molar-refractivity contribution >= 4 is 18.0 Å². The normalized spacial score (nSPS) is 17.6. The first kappa shape index (κ1) is 17.8. The maximum absolute atomic E-state index is 12.3. The minimum Gasteiger partial charge on any atom is -0.493 e. The van der Waals surface area contributed by atoms with Gasteiger partial charge in [0.2, 0.25) is 5.91 Å². The van der Waals surface area contributed by atoms with E-state index in [1.54, 1.807) is 37.3 Å². The van der Waals surface area contributed by atoms with Crippen LogP contribution in [0.1, 0.15) is 18.4 Å². The SMILES string of the molecule is COC(=O)C1CCCN(C(=O)/C=C/c2ccc(OC)c(OC)c2)C1. The molecular weight excluding hydrogens is 310 g/mol. The van der Waals surface area contributed by atoms with E-state index in [0.717, 1.165) is 18.4 Å². The van der Waals surface area contributed by atoms with Gasteiger partial charge in [0.05, 0.1) is 27.2 Å². The molecular formula is C18H23NO5. The number of methoxy groups -OCH3 is 3. The fourth-order valence-corrected chi connectivity index (χ4v) is 2.77. The standard InChI is InChI=1S/C18H23NO5/c1-22-15-8-6-13(11-16(15)23-2)7-9-17(20)19-10-4-5-14(12-19)18(21)24-3/h6-9,11,14H,4-5,10,12H2,1-3H3/b9-7+. The zero-order valence-corrected chi connectivity index (χ0v) is 14.3. The number of carbonyl (C=O) groups excluding carboxylic acids is 2. The van der Waals surface area contributed by atoms with Crippen LogP contribution in [0.15, 0.2) is 24.3 Å². The number of ether oxygens (including phenoxy) is 3. The number of rotatable bonds is 5. The fraction of sp³-hybridized carbons (Fsp3) is 0.444. The van der Waals surface area contributed by atoms with Crippen molar-refractivity contribution < 1.29 is 23.8 Å². The monoisotopic (exact) mass is 333 g/mol. The van der Waals surface area contributed by atoms with Crippen molar-refractivity contribution in [3.63, 3.8) is 0 Å². The van der Waals surface area contributed by atoms with Crippen LogP contribution in [0.3, 0.4) is 0 Å². The van der Waals surface area contributed by atoms with Gasteiger partial charge in [-0.05, 0) is 36.6 Å². The van der Waals surface area contributed by atoms with Gasteiger partial charge in [-0.2, -0.15) is 0 Å². The summed E-state index contributed by atoms with van der Waals surface area (Å²) in [6, 6.07) is 5.44. The Bertz CT molecular complexity index is 626. The van der Waals surface area contributed by atoms with Crippen molar-refractivity contribution in [2.45, 2.75) is 12.8 Å². The van der Waals surface area contributed by atoms with Gasteiger partial charge in [0, 0.05) is 19.2 Å². The largest absolute Gasteiger partial charge is 0.493 e. The zero-order chi connectivity index (χ0) is 17.5. The third-order valence-electron chi connectivity index (χ3n) is 4.09. The summed E-state index contributed by atoms with van der Waals surface area (Å²) in [4.78, 5) is 25.7. The molecule has 0 bridgehead atoms. The van der Waals surface area contributed by atoms with Crippen molar-refractivity contribution in [2.24, 2.45) is 5.92 Å². The molecule has 1 atom stereocenters. The molecule has 1 amide bonds. The number of benzene rings is 1. The summed E-state index contributed by atoms with van der Waals surface area (Å²) in [6.45, 7) is 1.06. The highest BCUT2D eigenvalue weighted by atomic mass is 16.5. The molecule has 0 N–H and O–H groups in total. The number of amides is 1. The predicted molar refractivity (Wildman–Crippen MR) is 89.9 cm³/mol. The summed E-state index contributed by atoms with van der Waals surface area (Å²) >= 11 is 0. The van der Waals surface area contributed by atoms with E-state index in [1.807, 2.05) is 6.07 Å². The summed E-state index contributed by atoms with van der Waals surface area (Å²) < 4.78 is 15.2. The Balaban J connectivity index is 2.03. The van der Waals surface area contributed by atoms with Gasteiger partial charge in [-0.3, -0.25) is 9.59 Å². The summed E-state index contributed by atoms with van der Waals surface area (Å²) in [5, 5.41) is 0. The number of likely N-dealkylation sites (tertiary alicyclic amines) is 1. The topological polar surface area (TPSA) is 65.1 Å². The minimum absolute atomic E-state index is 0.113. The Kier molecular flexibility index (Phi) is 6.23. The maximum atomic E-state index is 12.3. The first-order chi connectivity index (χ1) is 11.6. The third kappa shape index (κ3) is 4.28. The molecule has 0 saturated carbocycles. The molecule has 1 aromatic rings. The van der Waals surface area contributed by atoms with Crippen LogP contribution in [0.2, 0.25) is 0 Å². The highest BCUT2D eigenvalue weighted by Crippen LogP contribution is 2.28. The molecule has 1 aromatic carbocycles. The average Bonchev–Trinajstić information content (AvgIpc) is 2.65. The summed E-state index contributed by atoms with van der Waals surface area (Å²) in [6.07, 6.45) is 4.80. The van der Waals surface area contributed by atoms with Crippen LogP contribution < -0.4 is 9.47 Å². The van der Waals surface area contributed by atoms with E-state index in [4.69, 9.17) is 14.2 Å². The van der Waals surface area contributed by atoms with Crippen molar-refractivity contribution in [1.29, 1.82) is 0 Å². The van der Waals surface area contributed by atoms with Gasteiger partial charge in [-0.1, -0.05) is 6.07 Å². The lowest BCUT2D eigenvalue weighted by molar-refractivity contribution is -0.148. The molecule has 0 spiro atoms. The molecule has 0 radical (unpaired) electrons. The van der Waals surface area contributed by atoms with Gasteiger partial charge in [-0.25, -0.2) is 0 Å². The van der Waals surface area contributed by atoms with Gasteiger partial charge in [0.15, 0.2) is 11.5 Å². The molecule has 1 saturated heterocycles. The number of piperidine rings is 1. The van der Waals surface area contributed by atoms with Gasteiger partial charge in [0.25, 0.3) is 0 Å². The molecule has 24 heavy (non-hydrogen) atoms. The van der Waals surface area contributed by atoms with E-state index in [-0.39, 0.29) is 17.8 Å². The third-order valence-corrected chi connectivity index (χ3v) is 4.09. The van der Waals surface area contributed by atoms with Crippen molar-refractivity contribution in [3.8, 4) is 11.5 Å². The molecule has 1 aliphatic heterocycles. The lowest BCUT2D eigenvalue weighted by atomic mass is 9.98. The number of hydrogen-bond donors (Lipinski definition) is 0. The highest BCUT2D eigenvalue weighted by Gasteiger charge is 2.28. The van der Waals surface area contributed by atoms with Crippen LogP contribution in [0, 0.1) is 5.92 Å². The molecule has 0 aliphatic carbocycles. The van der Waals surface area contributed by atoms with Gasteiger partial charge in [-0.15, -0.1) is 0 Å². The average molecular weight is 333 g/mol. The van der Waals surface area contributed by atoms with E-state index < -0.39 is 0 Å².